The van der Waals surface area contributed by atoms with E-state index >= 15 is 0 Å². The van der Waals surface area contributed by atoms with Crippen molar-refractivity contribution in [2.45, 2.75) is 24.6 Å². The minimum atomic E-state index is -4.31. The lowest BCUT2D eigenvalue weighted by molar-refractivity contribution is -0.137. The Morgan fingerprint density at radius 1 is 1.24 bits per heavy atom. The van der Waals surface area contributed by atoms with E-state index in [2.05, 4.69) is 5.32 Å². The zero-order valence-corrected chi connectivity index (χ0v) is 9.38. The van der Waals surface area contributed by atoms with Gasteiger partial charge in [0.25, 0.3) is 0 Å². The molecule has 2 nitrogen and oxygen atoms in total. The van der Waals surface area contributed by atoms with E-state index in [9.17, 15) is 18.3 Å². The molecule has 1 aliphatic rings. The van der Waals surface area contributed by atoms with Crippen LogP contribution in [0.15, 0.2) is 24.3 Å². The van der Waals surface area contributed by atoms with E-state index in [1.165, 1.54) is 12.1 Å². The van der Waals surface area contributed by atoms with Gasteiger partial charge in [0.05, 0.1) is 11.2 Å². The van der Waals surface area contributed by atoms with Crippen LogP contribution in [-0.4, -0.2) is 23.8 Å². The monoisotopic (exact) mass is 245 g/mol. The summed E-state index contributed by atoms with van der Waals surface area (Å²) in [5.41, 5.74) is -0.770. The summed E-state index contributed by atoms with van der Waals surface area (Å²) in [5, 5.41) is 13.0. The molecule has 1 aromatic carbocycles. The van der Waals surface area contributed by atoms with Crippen molar-refractivity contribution in [3.05, 3.63) is 35.4 Å². The lowest BCUT2D eigenvalue weighted by Gasteiger charge is -2.42. The summed E-state index contributed by atoms with van der Waals surface area (Å²) >= 11 is 0. The molecule has 1 saturated heterocycles. The van der Waals surface area contributed by atoms with Crippen molar-refractivity contribution < 1.29 is 18.3 Å². The van der Waals surface area contributed by atoms with Gasteiger partial charge in [0.1, 0.15) is 0 Å². The van der Waals surface area contributed by atoms with Crippen molar-refractivity contribution in [3.63, 3.8) is 0 Å². The molecule has 1 heterocycles. The lowest BCUT2D eigenvalue weighted by Crippen LogP contribution is -2.62. The molecule has 17 heavy (non-hydrogen) atoms. The van der Waals surface area contributed by atoms with Gasteiger partial charge in [-0.1, -0.05) is 19.1 Å². The molecule has 0 spiro atoms. The fourth-order valence-electron chi connectivity index (χ4n) is 1.96. The van der Waals surface area contributed by atoms with Crippen molar-refractivity contribution in [1.29, 1.82) is 0 Å². The van der Waals surface area contributed by atoms with Crippen LogP contribution >= 0.6 is 0 Å². The summed E-state index contributed by atoms with van der Waals surface area (Å²) < 4.78 is 37.1. The van der Waals surface area contributed by atoms with Gasteiger partial charge in [0.15, 0.2) is 0 Å². The summed E-state index contributed by atoms with van der Waals surface area (Å²) in [6.07, 6.45) is -4.31. The van der Waals surface area contributed by atoms with Crippen molar-refractivity contribution in [3.8, 4) is 0 Å². The quantitative estimate of drug-likeness (QED) is 0.836. The molecular weight excluding hydrogens is 231 g/mol. The van der Waals surface area contributed by atoms with Gasteiger partial charge in [-0.05, 0) is 17.7 Å². The van der Waals surface area contributed by atoms with Gasteiger partial charge in [-0.2, -0.15) is 13.2 Å². The number of hydrogen-bond acceptors (Lipinski definition) is 2. The maximum absolute atomic E-state index is 12.4. The van der Waals surface area contributed by atoms with Gasteiger partial charge in [0.2, 0.25) is 0 Å². The molecule has 2 N–H and O–H groups in total. The number of β-amino-alcohol motifs (C(OH)–C–C–N with tert-alkyl or cyclic N) is 1. The highest BCUT2D eigenvalue weighted by atomic mass is 19.4. The first kappa shape index (κ1) is 12.4. The zero-order valence-electron chi connectivity index (χ0n) is 9.38. The number of nitrogens with one attached hydrogen (secondary N) is 1. The second-order valence-corrected chi connectivity index (χ2v) is 4.55. The van der Waals surface area contributed by atoms with Gasteiger partial charge < -0.3 is 10.4 Å². The summed E-state index contributed by atoms with van der Waals surface area (Å²) in [4.78, 5) is 0. The Labute approximate surface area is 97.5 Å². The molecule has 0 aromatic heterocycles. The van der Waals surface area contributed by atoms with Crippen LogP contribution in [0, 0.1) is 0 Å². The van der Waals surface area contributed by atoms with Gasteiger partial charge in [-0.25, -0.2) is 0 Å². The molecule has 5 heteroatoms. The Balaban J connectivity index is 2.18. The van der Waals surface area contributed by atoms with Crippen LogP contribution in [0.25, 0.3) is 0 Å². The van der Waals surface area contributed by atoms with E-state index < -0.39 is 17.3 Å². The van der Waals surface area contributed by atoms with Crippen LogP contribution in [0.3, 0.4) is 0 Å². The highest BCUT2D eigenvalue weighted by Gasteiger charge is 2.40. The third-order valence-electron chi connectivity index (χ3n) is 3.41. The van der Waals surface area contributed by atoms with Gasteiger partial charge >= 0.3 is 6.18 Å². The third kappa shape index (κ3) is 2.30. The first-order chi connectivity index (χ1) is 7.83. The lowest BCUT2D eigenvalue weighted by atomic mass is 9.79. The highest BCUT2D eigenvalue weighted by Crippen LogP contribution is 2.34. The zero-order chi connectivity index (χ0) is 12.7. The second kappa shape index (κ2) is 3.99. The standard InChI is InChI=1S/C12H14F3NO/c1-8(11(17)6-16-7-11)9-2-4-10(5-3-9)12(13,14)15/h2-5,8,16-17H,6-7H2,1H3. The smallest absolute Gasteiger partial charge is 0.387 e. The largest absolute Gasteiger partial charge is 0.416 e. The summed E-state index contributed by atoms with van der Waals surface area (Å²) in [6.45, 7) is 2.79. The van der Waals surface area contributed by atoms with Gasteiger partial charge in [-0.15, -0.1) is 0 Å². The average Bonchev–Trinajstić information content (AvgIpc) is 2.24. The normalized spacial score (nSPS) is 20.8. The van der Waals surface area contributed by atoms with Crippen LogP contribution in [0.4, 0.5) is 13.2 Å². The van der Waals surface area contributed by atoms with Crippen molar-refractivity contribution in [2.75, 3.05) is 13.1 Å². The van der Waals surface area contributed by atoms with E-state index in [0.29, 0.717) is 13.1 Å². The maximum Gasteiger partial charge on any atom is 0.416 e. The number of alkyl halides is 3. The summed E-state index contributed by atoms with van der Waals surface area (Å²) in [5.74, 6) is -0.175. The predicted octanol–water partition coefficient (Wildman–Crippen LogP) is 2.14. The van der Waals surface area contributed by atoms with Gasteiger partial charge in [-0.3, -0.25) is 0 Å². The SMILES string of the molecule is CC(c1ccc(C(F)(F)F)cc1)C1(O)CNC1. The van der Waals surface area contributed by atoms with E-state index in [1.807, 2.05) is 6.92 Å². The first-order valence-corrected chi connectivity index (χ1v) is 5.43. The minimum Gasteiger partial charge on any atom is -0.387 e. The molecule has 1 fully saturated rings. The Morgan fingerprint density at radius 3 is 2.12 bits per heavy atom. The average molecular weight is 245 g/mol. The maximum atomic E-state index is 12.4. The molecule has 2 rings (SSSR count). The fourth-order valence-corrected chi connectivity index (χ4v) is 1.96. The minimum absolute atomic E-state index is 0.175. The van der Waals surface area contributed by atoms with Crippen LogP contribution in [0.2, 0.25) is 0 Å². The molecule has 1 atom stereocenters. The van der Waals surface area contributed by atoms with Crippen LogP contribution in [0.5, 0.6) is 0 Å². The van der Waals surface area contributed by atoms with E-state index in [-0.39, 0.29) is 5.92 Å². The molecule has 1 aliphatic heterocycles. The topological polar surface area (TPSA) is 32.3 Å². The van der Waals surface area contributed by atoms with Crippen molar-refractivity contribution >= 4 is 0 Å². The fraction of sp³-hybridized carbons (Fsp3) is 0.500. The molecule has 0 amide bonds. The molecular formula is C12H14F3NO. The van der Waals surface area contributed by atoms with Crippen molar-refractivity contribution in [2.24, 2.45) is 0 Å². The summed E-state index contributed by atoms with van der Waals surface area (Å²) in [7, 11) is 0. The van der Waals surface area contributed by atoms with Crippen LogP contribution in [-0.2, 0) is 6.18 Å². The summed E-state index contributed by atoms with van der Waals surface area (Å²) in [6, 6.07) is 4.98. The molecule has 0 radical (unpaired) electrons. The molecule has 0 aliphatic carbocycles. The third-order valence-corrected chi connectivity index (χ3v) is 3.41. The van der Waals surface area contributed by atoms with Crippen LogP contribution < -0.4 is 5.32 Å². The molecule has 94 valence electrons. The number of rotatable bonds is 2. The number of halogens is 3. The number of benzene rings is 1. The first-order valence-electron chi connectivity index (χ1n) is 5.43. The van der Waals surface area contributed by atoms with Crippen LogP contribution in [0.1, 0.15) is 24.0 Å². The number of hydrogen-bond donors (Lipinski definition) is 2. The Morgan fingerprint density at radius 2 is 1.76 bits per heavy atom. The molecule has 0 bridgehead atoms. The van der Waals surface area contributed by atoms with E-state index in [1.54, 1.807) is 0 Å². The Kier molecular flexibility index (Phi) is 2.91. The second-order valence-electron chi connectivity index (χ2n) is 4.55. The highest BCUT2D eigenvalue weighted by molar-refractivity contribution is 5.29. The molecule has 0 saturated carbocycles. The predicted molar refractivity (Wildman–Crippen MR) is 57.7 cm³/mol. The van der Waals surface area contributed by atoms with E-state index in [4.69, 9.17) is 0 Å². The van der Waals surface area contributed by atoms with Crippen molar-refractivity contribution in [1.82, 2.24) is 5.32 Å². The Bertz CT molecular complexity index is 395. The Hall–Kier alpha value is -1.07. The number of aliphatic hydroxyl groups is 1. The van der Waals surface area contributed by atoms with Gasteiger partial charge in [0, 0.05) is 19.0 Å². The molecule has 1 aromatic rings. The van der Waals surface area contributed by atoms with E-state index in [0.717, 1.165) is 17.7 Å². The molecule has 1 unspecified atom stereocenters.